The number of nitrogens with one attached hydrogen (secondary N) is 3. The molecule has 0 unspecified atom stereocenters. The molecule has 6 rings (SSSR count). The summed E-state index contributed by atoms with van der Waals surface area (Å²) in [6.07, 6.45) is 4.04. The third kappa shape index (κ3) is 11.3. The maximum Gasteiger partial charge on any atom is 0.296 e. The molecule has 1 aliphatic rings. The van der Waals surface area contributed by atoms with E-state index in [1.165, 1.54) is 41.5 Å². The van der Waals surface area contributed by atoms with Crippen molar-refractivity contribution in [2.45, 2.75) is 89.9 Å². The number of amides is 2. The van der Waals surface area contributed by atoms with E-state index in [0.717, 1.165) is 43.7 Å². The zero-order valence-corrected chi connectivity index (χ0v) is 39.8. The number of rotatable bonds is 18. The summed E-state index contributed by atoms with van der Waals surface area (Å²) in [5.74, 6) is -1.14. The number of carbonyl (C=O) groups is 3. The van der Waals surface area contributed by atoms with Crippen LogP contribution in [0.1, 0.15) is 112 Å². The second kappa shape index (κ2) is 19.7. The Labute approximate surface area is 390 Å². The van der Waals surface area contributed by atoms with Crippen LogP contribution in [0.3, 0.4) is 0 Å². The van der Waals surface area contributed by atoms with E-state index in [4.69, 9.17) is 9.47 Å². The first kappa shape index (κ1) is 49.8. The number of benzene rings is 5. The van der Waals surface area contributed by atoms with Crippen molar-refractivity contribution in [1.29, 1.82) is 0 Å². The van der Waals surface area contributed by atoms with Crippen LogP contribution >= 0.6 is 0 Å². The minimum absolute atomic E-state index is 0.00196. The lowest BCUT2D eigenvalue weighted by atomic mass is 9.76. The molecule has 0 atom stereocenters. The van der Waals surface area contributed by atoms with E-state index >= 15 is 0 Å². The van der Waals surface area contributed by atoms with Crippen LogP contribution in [0.4, 0.5) is 11.4 Å². The molecule has 0 aromatic heterocycles. The highest BCUT2D eigenvalue weighted by atomic mass is 32.2. The molecule has 0 spiro atoms. The molecule has 0 fully saturated rings. The average Bonchev–Trinajstić information content (AvgIpc) is 3.27. The quantitative estimate of drug-likeness (QED) is 0.0273. The number of hydrogen-bond donors (Lipinski definition) is 6. The molecule has 16 nitrogen and oxygen atoms in total. The molecule has 0 heterocycles. The summed E-state index contributed by atoms with van der Waals surface area (Å²) in [5.41, 5.74) is 3.36. The van der Waals surface area contributed by atoms with Gasteiger partial charge in [-0.15, -0.1) is 0 Å². The number of phenolic OH excluding ortho intramolecular Hbond substituents is 1. The summed E-state index contributed by atoms with van der Waals surface area (Å²) in [6.45, 7) is 15.2. The maximum absolute atomic E-state index is 13.7. The summed E-state index contributed by atoms with van der Waals surface area (Å²) in [6, 6.07) is 22.4. The number of nitrogens with zero attached hydrogens (tertiary/aromatic N) is 1. The molecular formula is C49H54N4O12S2. The molecule has 6 N–H and O–H groups in total. The van der Waals surface area contributed by atoms with Crippen molar-refractivity contribution in [2.24, 2.45) is 5.10 Å². The Bertz CT molecular complexity index is 3050. The third-order valence-electron chi connectivity index (χ3n) is 12.0. The number of phenols is 1. The fourth-order valence-electron chi connectivity index (χ4n) is 7.32. The average molecular weight is 955 g/mol. The highest BCUT2D eigenvalue weighted by molar-refractivity contribution is 7.91. The van der Waals surface area contributed by atoms with Gasteiger partial charge in [-0.3, -0.25) is 28.9 Å². The Morgan fingerprint density at radius 2 is 1.46 bits per heavy atom. The van der Waals surface area contributed by atoms with Crippen LogP contribution in [0, 0.1) is 0 Å². The van der Waals surface area contributed by atoms with Crippen molar-refractivity contribution in [3.63, 3.8) is 0 Å². The number of anilines is 2. The number of unbranched alkanes of at least 4 members (excludes halogenated alkanes) is 1. The number of Topliss-reactive ketones (excluding diaryl/α,β-unsaturated/α-hetero) is 1. The zero-order chi connectivity index (χ0) is 49.1. The van der Waals surface area contributed by atoms with Crippen molar-refractivity contribution in [3.05, 3.63) is 118 Å². The Morgan fingerprint density at radius 3 is 2.09 bits per heavy atom. The minimum atomic E-state index is -5.14. The van der Waals surface area contributed by atoms with Gasteiger partial charge in [0.05, 0.1) is 34.0 Å². The molecular weight excluding hydrogens is 901 g/mol. The molecule has 354 valence electrons. The molecule has 0 bridgehead atoms. The third-order valence-corrected chi connectivity index (χ3v) is 13.7. The second-order valence-electron chi connectivity index (χ2n) is 17.4. The number of ketones is 1. The Morgan fingerprint density at radius 1 is 0.791 bits per heavy atom. The lowest BCUT2D eigenvalue weighted by molar-refractivity contribution is -0.114. The van der Waals surface area contributed by atoms with Gasteiger partial charge in [0.25, 0.3) is 26.1 Å². The van der Waals surface area contributed by atoms with Crippen molar-refractivity contribution in [3.8, 4) is 23.0 Å². The van der Waals surface area contributed by atoms with Crippen LogP contribution < -0.4 is 25.5 Å². The van der Waals surface area contributed by atoms with Gasteiger partial charge in [-0.05, 0) is 102 Å². The van der Waals surface area contributed by atoms with Crippen LogP contribution in [-0.2, 0) is 35.9 Å². The van der Waals surface area contributed by atoms with E-state index in [9.17, 15) is 45.4 Å². The number of carbonyl (C=O) groups excluding carboxylic acids is 3. The van der Waals surface area contributed by atoms with Gasteiger partial charge < -0.3 is 25.2 Å². The predicted molar refractivity (Wildman–Crippen MR) is 258 cm³/mol. The Hall–Kier alpha value is -6.60. The summed E-state index contributed by atoms with van der Waals surface area (Å²) in [5, 5.41) is 21.3. The summed E-state index contributed by atoms with van der Waals surface area (Å²) in [4.78, 5) is 37.5. The van der Waals surface area contributed by atoms with E-state index in [-0.39, 0.29) is 56.1 Å². The molecule has 5 aromatic carbocycles. The van der Waals surface area contributed by atoms with Crippen LogP contribution in [0.5, 0.6) is 23.0 Å². The Kier molecular flexibility index (Phi) is 14.7. The number of aromatic hydroxyl groups is 1. The SMILES string of the molecule is CCC(C)(C)c1ccc(OCCCCNC(=O)c2cc(Oc3ccc(N/N=C4\C(=O)c5c(cc(S(=O)(=O)O)cc5NC(C)=O)C=C4S(=O)(=O)O)cc3)c3ccccc3c2O)c(C(C)(C)CC)c1. The fourth-order valence-corrected chi connectivity index (χ4v) is 8.52. The Balaban J connectivity index is 1.15. The number of fused-ring (bicyclic) bond motifs is 2. The van der Waals surface area contributed by atoms with E-state index in [2.05, 4.69) is 80.9 Å². The van der Waals surface area contributed by atoms with Crippen LogP contribution in [0.15, 0.2) is 99.8 Å². The molecule has 2 amide bonds. The topological polar surface area (TPSA) is 247 Å². The summed E-state index contributed by atoms with van der Waals surface area (Å²) in [7, 11) is -10.0. The molecule has 0 saturated carbocycles. The minimum Gasteiger partial charge on any atom is -0.506 e. The standard InChI is InChI=1S/C49H54N4O12S2/c1-8-48(4,5)31-16-21-40(38(26-31)49(6,7)9-2)64-23-13-12-22-50-47(57)37-28-41(35-14-10-11-15-36(35)45(37)55)65-33-19-17-32(18-20-33)52-53-44-42(67(61,62)63)25-30-24-34(66(58,59)60)27-39(51-29(3)54)43(30)46(44)56/h10-11,14-21,24-28,52,55H,8-9,12-13,22-23H2,1-7H3,(H,50,57)(H,51,54)(H,58,59,60)(H,61,62,63)/b53-44-. The molecule has 0 radical (unpaired) electrons. The van der Waals surface area contributed by atoms with E-state index in [1.54, 1.807) is 24.3 Å². The summed E-state index contributed by atoms with van der Waals surface area (Å²) >= 11 is 0. The molecule has 18 heteroatoms. The van der Waals surface area contributed by atoms with Gasteiger partial charge >= 0.3 is 0 Å². The van der Waals surface area contributed by atoms with Crippen molar-refractivity contribution in [1.82, 2.24) is 5.32 Å². The molecule has 1 aliphatic carbocycles. The molecule has 5 aromatic rings. The maximum atomic E-state index is 13.7. The smallest absolute Gasteiger partial charge is 0.296 e. The number of hydrazone groups is 1. The van der Waals surface area contributed by atoms with Crippen molar-refractivity contribution < 1.29 is 54.9 Å². The lowest BCUT2D eigenvalue weighted by Gasteiger charge is -2.30. The monoisotopic (exact) mass is 954 g/mol. The van der Waals surface area contributed by atoms with Crippen molar-refractivity contribution >= 4 is 71.8 Å². The number of allylic oxidation sites excluding steroid dienone is 1. The molecule has 0 aliphatic heterocycles. The van der Waals surface area contributed by atoms with E-state index in [1.807, 2.05) is 0 Å². The van der Waals surface area contributed by atoms with Gasteiger partial charge in [-0.2, -0.15) is 21.9 Å². The lowest BCUT2D eigenvalue weighted by Crippen LogP contribution is -2.28. The van der Waals surface area contributed by atoms with Crippen LogP contribution in [0.25, 0.3) is 16.8 Å². The first-order valence-electron chi connectivity index (χ1n) is 21.5. The number of hydrogen-bond acceptors (Lipinski definition) is 12. The van der Waals surface area contributed by atoms with E-state index < -0.39 is 53.3 Å². The first-order chi connectivity index (χ1) is 31.4. The molecule has 0 saturated heterocycles. The normalized spacial score (nSPS) is 13.8. The number of ether oxygens (including phenoxy) is 2. The van der Waals surface area contributed by atoms with Gasteiger partial charge in [0.1, 0.15) is 27.9 Å². The van der Waals surface area contributed by atoms with Crippen LogP contribution in [0.2, 0.25) is 0 Å². The fraction of sp³-hybridized carbons (Fsp3) is 0.306. The van der Waals surface area contributed by atoms with Gasteiger partial charge in [-0.1, -0.05) is 77.9 Å². The first-order valence-corrected chi connectivity index (χ1v) is 24.4. The zero-order valence-electron chi connectivity index (χ0n) is 38.2. The van der Waals surface area contributed by atoms with Gasteiger partial charge in [-0.25, -0.2) is 0 Å². The van der Waals surface area contributed by atoms with E-state index in [0.29, 0.717) is 36.8 Å². The van der Waals surface area contributed by atoms with Crippen LogP contribution in [-0.4, -0.2) is 67.5 Å². The predicted octanol–water partition coefficient (Wildman–Crippen LogP) is 9.40. The van der Waals surface area contributed by atoms with Gasteiger partial charge in [0, 0.05) is 29.8 Å². The summed E-state index contributed by atoms with van der Waals surface area (Å²) < 4.78 is 81.0. The highest BCUT2D eigenvalue weighted by Crippen LogP contribution is 2.40. The highest BCUT2D eigenvalue weighted by Gasteiger charge is 2.36. The largest absolute Gasteiger partial charge is 0.506 e. The molecule has 67 heavy (non-hydrogen) atoms. The van der Waals surface area contributed by atoms with Gasteiger partial charge in [0.15, 0.2) is 5.71 Å². The second-order valence-corrected chi connectivity index (χ2v) is 20.2. The van der Waals surface area contributed by atoms with Gasteiger partial charge in [0.2, 0.25) is 11.7 Å². The van der Waals surface area contributed by atoms with Crippen molar-refractivity contribution in [2.75, 3.05) is 23.9 Å².